The van der Waals surface area contributed by atoms with Crippen LogP contribution in [0, 0.1) is 0 Å². The van der Waals surface area contributed by atoms with Gasteiger partial charge in [-0.1, -0.05) is 0 Å². The Balaban J connectivity index is 0.982. The highest BCUT2D eigenvalue weighted by molar-refractivity contribution is 5.69. The van der Waals surface area contributed by atoms with E-state index in [0.29, 0.717) is 36.3 Å². The number of carbonyl (C=O) groups excluding carboxylic acids is 1. The lowest BCUT2D eigenvalue weighted by Crippen LogP contribution is -2.47. The molecule has 3 aliphatic rings. The van der Waals surface area contributed by atoms with Gasteiger partial charge in [0, 0.05) is 67.6 Å². The number of H-pyrrole nitrogens is 1. The Hall–Kier alpha value is -4.00. The van der Waals surface area contributed by atoms with E-state index in [1.807, 2.05) is 40.5 Å². The number of likely N-dealkylation sites (tertiary alicyclic amines) is 1. The van der Waals surface area contributed by atoms with Crippen LogP contribution >= 0.6 is 0 Å². The molecule has 2 saturated carbocycles. The first-order valence-electron chi connectivity index (χ1n) is 13.4. The zero-order valence-corrected chi connectivity index (χ0v) is 21.6. The van der Waals surface area contributed by atoms with E-state index in [4.69, 9.17) is 9.72 Å². The summed E-state index contributed by atoms with van der Waals surface area (Å²) < 4.78 is 24.5. The number of hydrogen-bond donors (Lipinski definition) is 3. The molecule has 2 aliphatic carbocycles. The number of rotatable bonds is 8. The van der Waals surface area contributed by atoms with Crippen LogP contribution in [0.25, 0.3) is 5.65 Å². The van der Waals surface area contributed by atoms with Crippen LogP contribution in [0.2, 0.25) is 0 Å². The number of alkyl halides is 1. The van der Waals surface area contributed by atoms with Crippen LogP contribution in [-0.4, -0.2) is 76.2 Å². The molecule has 12 nitrogen and oxygen atoms in total. The number of fused-ring (bicyclic) bond motifs is 1. The van der Waals surface area contributed by atoms with E-state index in [1.54, 1.807) is 18.5 Å². The molecule has 204 valence electrons. The van der Waals surface area contributed by atoms with Gasteiger partial charge in [0.25, 0.3) is 0 Å². The quantitative estimate of drug-likeness (QED) is 0.314. The summed E-state index contributed by atoms with van der Waals surface area (Å²) in [6.07, 6.45) is 7.75. The summed E-state index contributed by atoms with van der Waals surface area (Å²) in [4.78, 5) is 23.7. The van der Waals surface area contributed by atoms with Gasteiger partial charge in [-0.2, -0.15) is 10.2 Å². The highest BCUT2D eigenvalue weighted by Crippen LogP contribution is 2.39. The SMILES string of the molecule is CC1(NC(=O)O[C@@H]2CC[C@H](c3cc(Nc4nccc5nc(CN6CC(n7cccn7)C6)cn45)n[nH]3)[C@H]2F)CC1. The zero-order valence-electron chi connectivity index (χ0n) is 21.6. The van der Waals surface area contributed by atoms with Crippen molar-refractivity contribution in [1.82, 2.24) is 44.6 Å². The number of carbonyl (C=O) groups is 1. The highest BCUT2D eigenvalue weighted by Gasteiger charge is 2.43. The molecule has 0 radical (unpaired) electrons. The van der Waals surface area contributed by atoms with Gasteiger partial charge in [0.1, 0.15) is 17.9 Å². The van der Waals surface area contributed by atoms with Gasteiger partial charge in [-0.05, 0) is 44.7 Å². The Kier molecular flexibility index (Phi) is 5.76. The number of anilines is 2. The molecular weight excluding hydrogens is 503 g/mol. The summed E-state index contributed by atoms with van der Waals surface area (Å²) >= 11 is 0. The number of aromatic nitrogens is 7. The van der Waals surface area contributed by atoms with E-state index in [0.717, 1.165) is 43.8 Å². The molecule has 39 heavy (non-hydrogen) atoms. The van der Waals surface area contributed by atoms with E-state index in [2.05, 4.69) is 35.8 Å². The monoisotopic (exact) mass is 534 g/mol. The van der Waals surface area contributed by atoms with Crippen LogP contribution in [0.15, 0.2) is 43.0 Å². The lowest BCUT2D eigenvalue weighted by Gasteiger charge is -2.38. The molecule has 3 atom stereocenters. The molecule has 1 amide bonds. The summed E-state index contributed by atoms with van der Waals surface area (Å²) in [6, 6.07) is 6.00. The maximum atomic E-state index is 15.2. The van der Waals surface area contributed by atoms with Crippen molar-refractivity contribution < 1.29 is 13.9 Å². The molecule has 4 aromatic heterocycles. The van der Waals surface area contributed by atoms with Crippen molar-refractivity contribution in [2.45, 2.75) is 68.9 Å². The molecule has 0 spiro atoms. The highest BCUT2D eigenvalue weighted by atomic mass is 19.1. The zero-order chi connectivity index (χ0) is 26.6. The number of amides is 1. The summed E-state index contributed by atoms with van der Waals surface area (Å²) in [7, 11) is 0. The van der Waals surface area contributed by atoms with Crippen molar-refractivity contribution in [2.24, 2.45) is 0 Å². The predicted molar refractivity (Wildman–Crippen MR) is 139 cm³/mol. The van der Waals surface area contributed by atoms with Gasteiger partial charge < -0.3 is 15.4 Å². The topological polar surface area (TPSA) is 130 Å². The summed E-state index contributed by atoms with van der Waals surface area (Å²) in [5.74, 6) is 0.672. The maximum absolute atomic E-state index is 15.2. The fraction of sp³-hybridized carbons (Fsp3) is 0.500. The van der Waals surface area contributed by atoms with Crippen LogP contribution in [0.4, 0.5) is 21.0 Å². The number of alkyl carbamates (subject to hydrolysis) is 1. The average Bonchev–Trinajstić information content (AvgIpc) is 3.42. The van der Waals surface area contributed by atoms with E-state index in [1.165, 1.54) is 0 Å². The van der Waals surface area contributed by atoms with Crippen LogP contribution in [-0.2, 0) is 11.3 Å². The van der Waals surface area contributed by atoms with E-state index >= 15 is 4.39 Å². The smallest absolute Gasteiger partial charge is 0.407 e. The van der Waals surface area contributed by atoms with Crippen molar-refractivity contribution in [3.63, 3.8) is 0 Å². The standard InChI is InChI=1S/C26H31FN10O2/c1-26(6-7-26)32-25(38)39-20-4-3-18(23(20)27)19-11-21(34-33-19)31-24-28-9-5-22-30-16(13-36(22)24)12-35-14-17(15-35)37-10-2-8-29-37/h2,5,8-11,13,17-18,20,23H,3-4,6-7,12,14-15H2,1H3,(H,32,38)(H2,28,31,33,34)/t18-,20-,23-/m1/s1. The number of hydrogen-bond acceptors (Lipinski definition) is 8. The van der Waals surface area contributed by atoms with Crippen molar-refractivity contribution >= 4 is 23.5 Å². The number of halogens is 1. The summed E-state index contributed by atoms with van der Waals surface area (Å²) in [5.41, 5.74) is 2.19. The molecule has 1 aliphatic heterocycles. The minimum absolute atomic E-state index is 0.198. The predicted octanol–water partition coefficient (Wildman–Crippen LogP) is 3.31. The number of nitrogens with one attached hydrogen (secondary N) is 3. The van der Waals surface area contributed by atoms with Gasteiger partial charge in [-0.25, -0.2) is 19.2 Å². The third kappa shape index (κ3) is 4.82. The Morgan fingerprint density at radius 3 is 2.95 bits per heavy atom. The van der Waals surface area contributed by atoms with Crippen LogP contribution in [0.3, 0.4) is 0 Å². The van der Waals surface area contributed by atoms with Gasteiger partial charge in [-0.3, -0.25) is 19.1 Å². The molecule has 5 heterocycles. The third-order valence-corrected chi connectivity index (χ3v) is 8.06. The molecule has 0 aromatic carbocycles. The van der Waals surface area contributed by atoms with E-state index in [9.17, 15) is 4.79 Å². The number of aromatic amines is 1. The fourth-order valence-corrected chi connectivity index (χ4v) is 5.51. The van der Waals surface area contributed by atoms with E-state index < -0.39 is 24.3 Å². The molecule has 1 saturated heterocycles. The molecule has 3 N–H and O–H groups in total. The van der Waals surface area contributed by atoms with Crippen LogP contribution in [0.1, 0.15) is 56.0 Å². The van der Waals surface area contributed by atoms with Crippen molar-refractivity contribution in [3.8, 4) is 0 Å². The third-order valence-electron chi connectivity index (χ3n) is 8.06. The Morgan fingerprint density at radius 2 is 2.15 bits per heavy atom. The van der Waals surface area contributed by atoms with Crippen LogP contribution < -0.4 is 10.6 Å². The Bertz CT molecular complexity index is 1470. The van der Waals surface area contributed by atoms with Gasteiger partial charge in [0.2, 0.25) is 5.95 Å². The van der Waals surface area contributed by atoms with Gasteiger partial charge in [0.05, 0.1) is 11.7 Å². The van der Waals surface area contributed by atoms with Crippen molar-refractivity contribution in [2.75, 3.05) is 18.4 Å². The second kappa shape index (κ2) is 9.33. The second-order valence-corrected chi connectivity index (χ2v) is 11.2. The number of imidazole rings is 1. The summed E-state index contributed by atoms with van der Waals surface area (Å²) in [5, 5.41) is 17.7. The molecule has 7 rings (SSSR count). The number of nitrogens with zero attached hydrogens (tertiary/aromatic N) is 7. The molecular formula is C26H31FN10O2. The molecule has 4 aromatic rings. The first kappa shape index (κ1) is 24.1. The van der Waals surface area contributed by atoms with E-state index in [-0.39, 0.29) is 5.54 Å². The maximum Gasteiger partial charge on any atom is 0.407 e. The second-order valence-electron chi connectivity index (χ2n) is 11.2. The molecule has 3 fully saturated rings. The van der Waals surface area contributed by atoms with Crippen molar-refractivity contribution in [1.29, 1.82) is 0 Å². The normalized spacial score (nSPS) is 24.5. The van der Waals surface area contributed by atoms with Gasteiger partial charge in [0.15, 0.2) is 5.82 Å². The lowest BCUT2D eigenvalue weighted by molar-refractivity contribution is 0.0546. The van der Waals surface area contributed by atoms with Gasteiger partial charge in [-0.15, -0.1) is 0 Å². The first-order valence-corrected chi connectivity index (χ1v) is 13.4. The Morgan fingerprint density at radius 1 is 1.28 bits per heavy atom. The fourth-order valence-electron chi connectivity index (χ4n) is 5.51. The Labute approximate surface area is 223 Å². The summed E-state index contributed by atoms with van der Waals surface area (Å²) in [6.45, 7) is 4.57. The van der Waals surface area contributed by atoms with Crippen molar-refractivity contribution in [3.05, 3.63) is 54.4 Å². The minimum Gasteiger partial charge on any atom is -0.443 e. The van der Waals surface area contributed by atoms with Crippen LogP contribution in [0.5, 0.6) is 0 Å². The molecule has 0 unspecified atom stereocenters. The molecule has 13 heteroatoms. The lowest BCUT2D eigenvalue weighted by atomic mass is 10.0. The van der Waals surface area contributed by atoms with Gasteiger partial charge >= 0.3 is 6.09 Å². The minimum atomic E-state index is -1.30. The first-order chi connectivity index (χ1) is 18.9. The largest absolute Gasteiger partial charge is 0.443 e. The molecule has 0 bridgehead atoms. The average molecular weight is 535 g/mol. The number of ether oxygens (including phenoxy) is 1.